The zero-order valence-corrected chi connectivity index (χ0v) is 10.8. The topological polar surface area (TPSA) is 65.1 Å². The number of hydrogen-bond acceptors (Lipinski definition) is 2. The predicted octanol–water partition coefficient (Wildman–Crippen LogP) is 3.48. The smallest absolute Gasteiger partial charge is 0.335 e. The molecule has 4 nitrogen and oxygen atoms in total. The molecule has 3 N–H and O–H groups in total. The molecule has 1 aromatic heterocycles. The van der Waals surface area contributed by atoms with Crippen LogP contribution < -0.4 is 5.32 Å². The fourth-order valence-electron chi connectivity index (χ4n) is 2.23. The standard InChI is InChI=1S/C16H14N2O2/c19-16(20)11-4-6-13(7-5-11)18-10-12-2-1-3-15-14(12)8-9-17-15/h1-9,17-18H,10H2,(H,19,20). The maximum Gasteiger partial charge on any atom is 0.335 e. The lowest BCUT2D eigenvalue weighted by Gasteiger charge is -2.08. The number of fused-ring (bicyclic) bond motifs is 1. The number of nitrogens with one attached hydrogen (secondary N) is 2. The predicted molar refractivity (Wildman–Crippen MR) is 79.0 cm³/mol. The van der Waals surface area contributed by atoms with E-state index in [1.807, 2.05) is 18.3 Å². The molecular weight excluding hydrogens is 252 g/mol. The van der Waals surface area contributed by atoms with E-state index in [9.17, 15) is 4.79 Å². The zero-order chi connectivity index (χ0) is 13.9. The van der Waals surface area contributed by atoms with E-state index in [2.05, 4.69) is 22.4 Å². The number of anilines is 1. The van der Waals surface area contributed by atoms with Crippen molar-refractivity contribution in [1.82, 2.24) is 4.98 Å². The number of aromatic amines is 1. The van der Waals surface area contributed by atoms with Gasteiger partial charge in [0.15, 0.2) is 0 Å². The number of hydrogen-bond donors (Lipinski definition) is 3. The minimum atomic E-state index is -0.909. The molecular formula is C16H14N2O2. The monoisotopic (exact) mass is 266 g/mol. The first-order valence-electron chi connectivity index (χ1n) is 6.36. The Hall–Kier alpha value is -2.75. The highest BCUT2D eigenvalue weighted by molar-refractivity contribution is 5.88. The van der Waals surface area contributed by atoms with Gasteiger partial charge < -0.3 is 15.4 Å². The molecule has 0 aliphatic carbocycles. The third kappa shape index (κ3) is 2.36. The van der Waals surface area contributed by atoms with Crippen molar-refractivity contribution in [2.75, 3.05) is 5.32 Å². The van der Waals surface area contributed by atoms with Gasteiger partial charge in [-0.2, -0.15) is 0 Å². The number of carboxylic acids is 1. The Morgan fingerprint density at radius 3 is 2.65 bits per heavy atom. The fourth-order valence-corrected chi connectivity index (χ4v) is 2.23. The number of carbonyl (C=O) groups is 1. The summed E-state index contributed by atoms with van der Waals surface area (Å²) < 4.78 is 0. The van der Waals surface area contributed by atoms with Crippen LogP contribution in [0.5, 0.6) is 0 Å². The summed E-state index contributed by atoms with van der Waals surface area (Å²) in [4.78, 5) is 14.0. The summed E-state index contributed by atoms with van der Waals surface area (Å²) >= 11 is 0. The Balaban J connectivity index is 1.76. The first kappa shape index (κ1) is 12.3. The minimum Gasteiger partial charge on any atom is -0.478 e. The normalized spacial score (nSPS) is 10.6. The second-order valence-electron chi connectivity index (χ2n) is 4.59. The molecule has 0 atom stereocenters. The summed E-state index contributed by atoms with van der Waals surface area (Å²) in [6.45, 7) is 0.696. The molecule has 1 heterocycles. The highest BCUT2D eigenvalue weighted by atomic mass is 16.4. The number of aromatic carboxylic acids is 1. The van der Waals surface area contributed by atoms with Crippen molar-refractivity contribution in [3.8, 4) is 0 Å². The van der Waals surface area contributed by atoms with Crippen molar-refractivity contribution >= 4 is 22.6 Å². The molecule has 0 aliphatic rings. The van der Waals surface area contributed by atoms with Gasteiger partial charge in [0, 0.05) is 29.3 Å². The Kier molecular flexibility index (Phi) is 3.13. The molecule has 100 valence electrons. The lowest BCUT2D eigenvalue weighted by molar-refractivity contribution is 0.0697. The van der Waals surface area contributed by atoms with Crippen molar-refractivity contribution < 1.29 is 9.90 Å². The van der Waals surface area contributed by atoms with E-state index in [0.29, 0.717) is 12.1 Å². The number of rotatable bonds is 4. The summed E-state index contributed by atoms with van der Waals surface area (Å²) in [5.41, 5.74) is 3.52. The van der Waals surface area contributed by atoms with Crippen molar-refractivity contribution in [3.63, 3.8) is 0 Å². The van der Waals surface area contributed by atoms with Crippen LogP contribution in [0.2, 0.25) is 0 Å². The van der Waals surface area contributed by atoms with Gasteiger partial charge in [0.25, 0.3) is 0 Å². The molecule has 0 saturated carbocycles. The zero-order valence-electron chi connectivity index (χ0n) is 10.8. The average molecular weight is 266 g/mol. The number of aromatic nitrogens is 1. The van der Waals surface area contributed by atoms with E-state index in [0.717, 1.165) is 11.2 Å². The minimum absolute atomic E-state index is 0.295. The van der Waals surface area contributed by atoms with Crippen molar-refractivity contribution in [2.45, 2.75) is 6.54 Å². The Morgan fingerprint density at radius 1 is 1.10 bits per heavy atom. The molecule has 0 fully saturated rings. The molecule has 0 saturated heterocycles. The fraction of sp³-hybridized carbons (Fsp3) is 0.0625. The molecule has 0 unspecified atom stereocenters. The average Bonchev–Trinajstić information content (AvgIpc) is 2.94. The third-order valence-electron chi connectivity index (χ3n) is 3.30. The maximum absolute atomic E-state index is 10.8. The Morgan fingerprint density at radius 2 is 1.90 bits per heavy atom. The van der Waals surface area contributed by atoms with Crippen molar-refractivity contribution in [3.05, 3.63) is 65.9 Å². The molecule has 0 bridgehead atoms. The quantitative estimate of drug-likeness (QED) is 0.677. The van der Waals surface area contributed by atoms with E-state index in [1.165, 1.54) is 10.9 Å². The second-order valence-corrected chi connectivity index (χ2v) is 4.59. The van der Waals surface area contributed by atoms with Crippen LogP contribution >= 0.6 is 0 Å². The largest absolute Gasteiger partial charge is 0.478 e. The molecule has 20 heavy (non-hydrogen) atoms. The van der Waals surface area contributed by atoms with Crippen LogP contribution in [0.25, 0.3) is 10.9 Å². The Labute approximate surface area is 116 Å². The highest BCUT2D eigenvalue weighted by Gasteiger charge is 2.03. The molecule has 0 amide bonds. The summed E-state index contributed by atoms with van der Waals surface area (Å²) in [6.07, 6.45) is 1.93. The van der Waals surface area contributed by atoms with Crippen LogP contribution in [0, 0.1) is 0 Å². The lowest BCUT2D eigenvalue weighted by atomic mass is 10.1. The summed E-state index contributed by atoms with van der Waals surface area (Å²) in [7, 11) is 0. The number of benzene rings is 2. The van der Waals surface area contributed by atoms with Gasteiger partial charge in [-0.15, -0.1) is 0 Å². The van der Waals surface area contributed by atoms with Gasteiger partial charge in [-0.3, -0.25) is 0 Å². The SMILES string of the molecule is O=C(O)c1ccc(NCc2cccc3[nH]ccc23)cc1. The van der Waals surface area contributed by atoms with Crippen LogP contribution in [-0.4, -0.2) is 16.1 Å². The van der Waals surface area contributed by atoms with Gasteiger partial charge in [-0.1, -0.05) is 12.1 Å². The van der Waals surface area contributed by atoms with Crippen molar-refractivity contribution in [2.24, 2.45) is 0 Å². The first-order valence-corrected chi connectivity index (χ1v) is 6.36. The molecule has 3 aromatic rings. The van der Waals surface area contributed by atoms with Gasteiger partial charge in [0.2, 0.25) is 0 Å². The molecule has 0 spiro atoms. The highest BCUT2D eigenvalue weighted by Crippen LogP contribution is 2.19. The number of H-pyrrole nitrogens is 1. The van der Waals surface area contributed by atoms with Crippen LogP contribution in [0.4, 0.5) is 5.69 Å². The van der Waals surface area contributed by atoms with Crippen LogP contribution in [0.15, 0.2) is 54.7 Å². The van der Waals surface area contributed by atoms with E-state index >= 15 is 0 Å². The van der Waals surface area contributed by atoms with E-state index in [-0.39, 0.29) is 0 Å². The third-order valence-corrected chi connectivity index (χ3v) is 3.30. The van der Waals surface area contributed by atoms with Crippen LogP contribution in [0.1, 0.15) is 15.9 Å². The van der Waals surface area contributed by atoms with Gasteiger partial charge in [0.05, 0.1) is 5.56 Å². The molecule has 0 aliphatic heterocycles. The summed E-state index contributed by atoms with van der Waals surface area (Å²) in [5.74, 6) is -0.909. The van der Waals surface area contributed by atoms with E-state index in [4.69, 9.17) is 5.11 Å². The Bertz CT molecular complexity index is 745. The summed E-state index contributed by atoms with van der Waals surface area (Å²) in [5, 5.41) is 13.4. The van der Waals surface area contributed by atoms with E-state index < -0.39 is 5.97 Å². The van der Waals surface area contributed by atoms with Crippen LogP contribution in [0.3, 0.4) is 0 Å². The van der Waals surface area contributed by atoms with Crippen molar-refractivity contribution in [1.29, 1.82) is 0 Å². The molecule has 0 radical (unpaired) electrons. The second kappa shape index (κ2) is 5.09. The van der Waals surface area contributed by atoms with Gasteiger partial charge >= 0.3 is 5.97 Å². The van der Waals surface area contributed by atoms with Crippen LogP contribution in [-0.2, 0) is 6.54 Å². The van der Waals surface area contributed by atoms with E-state index in [1.54, 1.807) is 24.3 Å². The summed E-state index contributed by atoms with van der Waals surface area (Å²) in [6, 6.07) is 14.9. The maximum atomic E-state index is 10.8. The van der Waals surface area contributed by atoms with Gasteiger partial charge in [0.1, 0.15) is 0 Å². The number of carboxylic acid groups (broad SMARTS) is 1. The lowest BCUT2D eigenvalue weighted by Crippen LogP contribution is -2.01. The molecule has 4 heteroatoms. The molecule has 2 aromatic carbocycles. The van der Waals surface area contributed by atoms with Gasteiger partial charge in [-0.25, -0.2) is 4.79 Å². The van der Waals surface area contributed by atoms with Gasteiger partial charge in [-0.05, 0) is 42.0 Å². The first-order chi connectivity index (χ1) is 9.74. The molecule has 3 rings (SSSR count).